The van der Waals surface area contributed by atoms with Crippen molar-refractivity contribution in [3.8, 4) is 0 Å². The molecule has 1 amide bonds. The Balaban J connectivity index is 4.18. The Morgan fingerprint density at radius 3 is 2.33 bits per heavy atom. The number of amides is 1. The first-order chi connectivity index (χ1) is 6.76. The van der Waals surface area contributed by atoms with Gasteiger partial charge in [0.05, 0.1) is 0 Å². The summed E-state index contributed by atoms with van der Waals surface area (Å²) in [5, 5.41) is 11.6. The molecule has 0 radical (unpaired) electrons. The monoisotopic (exact) mass is 283 g/mol. The van der Waals surface area contributed by atoms with E-state index in [1.165, 1.54) is 0 Å². The van der Waals surface area contributed by atoms with Crippen molar-refractivity contribution < 1.29 is 19.4 Å². The fourth-order valence-electron chi connectivity index (χ4n) is 0.791. The summed E-state index contributed by atoms with van der Waals surface area (Å²) in [6.07, 6.45) is -0.681. The molecule has 0 heterocycles. The number of rotatable bonds is 4. The van der Waals surface area contributed by atoms with E-state index in [-0.39, 0.29) is 15.0 Å². The molecule has 2 N–H and O–H groups in total. The molecule has 0 saturated heterocycles. The van der Waals surface area contributed by atoms with Crippen LogP contribution in [-0.4, -0.2) is 43.8 Å². The summed E-state index contributed by atoms with van der Waals surface area (Å²) >= 11 is 0.193. The number of hydrogen-bond donors (Lipinski definition) is 2. The van der Waals surface area contributed by atoms with Crippen molar-refractivity contribution in [3.63, 3.8) is 0 Å². The number of nitrogens with one attached hydrogen (secondary N) is 1. The molecule has 1 atom stereocenters. The summed E-state index contributed by atoms with van der Waals surface area (Å²) in [6.45, 7) is 5.18. The van der Waals surface area contributed by atoms with Gasteiger partial charge in [-0.1, -0.05) is 0 Å². The Kier molecular flexibility index (Phi) is 5.68. The molecule has 0 aromatic heterocycles. The van der Waals surface area contributed by atoms with Crippen molar-refractivity contribution in [2.45, 2.75) is 43.6 Å². The second kappa shape index (κ2) is 5.98. The predicted molar refractivity (Wildman–Crippen MR) is 57.2 cm³/mol. The van der Waals surface area contributed by atoms with Crippen LogP contribution in [0.4, 0.5) is 4.79 Å². The topological polar surface area (TPSA) is 75.6 Å². The van der Waals surface area contributed by atoms with Crippen LogP contribution < -0.4 is 5.32 Å². The van der Waals surface area contributed by atoms with Crippen LogP contribution in [0.25, 0.3) is 0 Å². The van der Waals surface area contributed by atoms with E-state index < -0.39 is 23.7 Å². The maximum atomic E-state index is 11.3. The Bertz CT molecular complexity index is 237. The van der Waals surface area contributed by atoms with E-state index in [1.807, 2.05) is 5.82 Å². The van der Waals surface area contributed by atoms with Gasteiger partial charge in [-0.25, -0.2) is 0 Å². The molecule has 88 valence electrons. The molecule has 15 heavy (non-hydrogen) atoms. The van der Waals surface area contributed by atoms with Gasteiger partial charge in [-0.15, -0.1) is 0 Å². The minimum absolute atomic E-state index is 0.193. The van der Waals surface area contributed by atoms with Crippen molar-refractivity contribution >= 4 is 27.0 Å². The quantitative estimate of drug-likeness (QED) is 0.758. The summed E-state index contributed by atoms with van der Waals surface area (Å²) < 4.78 is 4.96. The zero-order valence-electron chi connectivity index (χ0n) is 9.36. The van der Waals surface area contributed by atoms with Crippen LogP contribution in [0.15, 0.2) is 0 Å². The number of ether oxygens (including phenoxy) is 1. The molecule has 0 rings (SSSR count). The number of hydrogen-bond acceptors (Lipinski definition) is 3. The Labute approximate surface area is 95.7 Å². The normalized spacial score (nSPS) is 13.1. The van der Waals surface area contributed by atoms with Crippen molar-refractivity contribution in [3.05, 3.63) is 0 Å². The van der Waals surface area contributed by atoms with Gasteiger partial charge >= 0.3 is 95.3 Å². The Hall–Kier alpha value is -0.741. The fraction of sp³-hybridized carbons (Fsp3) is 0.778. The first-order valence-corrected chi connectivity index (χ1v) is 7.40. The summed E-state index contributed by atoms with van der Waals surface area (Å²) in [5.41, 5.74) is -0.607. The first kappa shape index (κ1) is 14.3. The standard InChI is InChI=1S/C9H17NO4Se/c1-9(2,3)14-8(13)10-6(5-15-4)7(11)12/h6H,5H2,1-4H3,(H,10,13)(H,11,12)/t6-/m0/s1. The average Bonchev–Trinajstić information content (AvgIpc) is 1.99. The molecule has 0 aromatic rings. The van der Waals surface area contributed by atoms with Crippen LogP contribution in [0.5, 0.6) is 0 Å². The molecule has 0 spiro atoms. The van der Waals surface area contributed by atoms with Crippen molar-refractivity contribution in [2.24, 2.45) is 0 Å². The summed E-state index contributed by atoms with van der Waals surface area (Å²) in [7, 11) is 0. The van der Waals surface area contributed by atoms with Gasteiger partial charge in [0.1, 0.15) is 0 Å². The Morgan fingerprint density at radius 1 is 1.47 bits per heavy atom. The third kappa shape index (κ3) is 7.22. The van der Waals surface area contributed by atoms with Crippen LogP contribution in [-0.2, 0) is 9.53 Å². The van der Waals surface area contributed by atoms with Gasteiger partial charge in [-0.2, -0.15) is 0 Å². The summed E-state index contributed by atoms with van der Waals surface area (Å²) in [4.78, 5) is 22.0. The number of carbonyl (C=O) groups is 2. The first-order valence-electron chi connectivity index (χ1n) is 4.47. The number of alkyl carbamates (subject to hydrolysis) is 1. The third-order valence-corrected chi connectivity index (χ3v) is 2.72. The molecular formula is C9H17NO4Se. The van der Waals surface area contributed by atoms with Crippen LogP contribution in [0.3, 0.4) is 0 Å². The molecule has 0 aliphatic heterocycles. The van der Waals surface area contributed by atoms with Gasteiger partial charge in [-0.05, 0) is 0 Å². The van der Waals surface area contributed by atoms with E-state index in [1.54, 1.807) is 20.8 Å². The van der Waals surface area contributed by atoms with Crippen LogP contribution in [0.1, 0.15) is 20.8 Å². The zero-order chi connectivity index (χ0) is 12.1. The summed E-state index contributed by atoms with van der Waals surface area (Å²) in [6, 6.07) is -0.843. The minimum atomic E-state index is -1.02. The SMILES string of the molecule is C[Se]C[C@H](NC(=O)OC(C)(C)C)C(=O)O. The summed E-state index contributed by atoms with van der Waals surface area (Å²) in [5.74, 6) is 0.893. The van der Waals surface area contributed by atoms with E-state index >= 15 is 0 Å². The third-order valence-electron chi connectivity index (χ3n) is 1.32. The molecule has 0 bridgehead atoms. The van der Waals surface area contributed by atoms with Crippen molar-refractivity contribution in [1.29, 1.82) is 0 Å². The molecule has 0 aliphatic carbocycles. The zero-order valence-corrected chi connectivity index (χ0v) is 11.1. The van der Waals surface area contributed by atoms with Gasteiger partial charge in [0.15, 0.2) is 0 Å². The molecular weight excluding hydrogens is 265 g/mol. The van der Waals surface area contributed by atoms with Crippen LogP contribution in [0.2, 0.25) is 11.1 Å². The number of carbonyl (C=O) groups excluding carboxylic acids is 1. The van der Waals surface area contributed by atoms with E-state index in [4.69, 9.17) is 9.84 Å². The Morgan fingerprint density at radius 2 is 2.00 bits per heavy atom. The van der Waals surface area contributed by atoms with Crippen molar-refractivity contribution in [2.75, 3.05) is 0 Å². The van der Waals surface area contributed by atoms with E-state index in [2.05, 4.69) is 5.32 Å². The van der Waals surface area contributed by atoms with Gasteiger partial charge < -0.3 is 0 Å². The average molecular weight is 282 g/mol. The molecule has 0 fully saturated rings. The molecule has 6 heteroatoms. The number of aliphatic carboxylic acids is 1. The number of carboxylic acid groups (broad SMARTS) is 1. The maximum absolute atomic E-state index is 11.3. The van der Waals surface area contributed by atoms with E-state index in [9.17, 15) is 9.59 Å². The second-order valence-electron chi connectivity index (χ2n) is 3.99. The predicted octanol–water partition coefficient (Wildman–Crippen LogP) is 1.13. The van der Waals surface area contributed by atoms with Crippen LogP contribution >= 0.6 is 0 Å². The van der Waals surface area contributed by atoms with Gasteiger partial charge in [-0.3, -0.25) is 0 Å². The van der Waals surface area contributed by atoms with Gasteiger partial charge in [0, 0.05) is 0 Å². The molecule has 0 aliphatic rings. The van der Waals surface area contributed by atoms with Gasteiger partial charge in [0.25, 0.3) is 0 Å². The molecule has 0 unspecified atom stereocenters. The van der Waals surface area contributed by atoms with E-state index in [0.29, 0.717) is 5.32 Å². The van der Waals surface area contributed by atoms with E-state index in [0.717, 1.165) is 0 Å². The molecule has 0 saturated carbocycles. The number of carboxylic acids is 1. The van der Waals surface area contributed by atoms with Crippen LogP contribution in [0, 0.1) is 0 Å². The fourth-order valence-corrected chi connectivity index (χ4v) is 1.96. The molecule has 5 nitrogen and oxygen atoms in total. The van der Waals surface area contributed by atoms with Crippen molar-refractivity contribution in [1.82, 2.24) is 5.32 Å². The second-order valence-corrected chi connectivity index (χ2v) is 5.90. The molecule has 0 aromatic carbocycles. The van der Waals surface area contributed by atoms with Gasteiger partial charge in [0.2, 0.25) is 0 Å².